The van der Waals surface area contributed by atoms with Crippen molar-refractivity contribution in [2.75, 3.05) is 0 Å². The number of rotatable bonds is 1. The minimum absolute atomic E-state index is 0.0916. The van der Waals surface area contributed by atoms with Crippen molar-refractivity contribution < 1.29 is 0 Å². The first-order valence-corrected chi connectivity index (χ1v) is 3.89. The molecule has 0 unspecified atom stereocenters. The van der Waals surface area contributed by atoms with Gasteiger partial charge in [-0.1, -0.05) is 13.8 Å². The number of hydrogen-bond donors (Lipinski definition) is 0. The first kappa shape index (κ1) is 9.67. The highest BCUT2D eigenvalue weighted by Gasteiger charge is 2.08. The van der Waals surface area contributed by atoms with Crippen LogP contribution in [0.15, 0.2) is 4.99 Å². The Balaban J connectivity index is 4.17. The molecule has 0 rings (SSSR count). The molecule has 1 heteroatoms. The van der Waals surface area contributed by atoms with Gasteiger partial charge in [0.15, 0.2) is 0 Å². The van der Waals surface area contributed by atoms with Crippen LogP contribution >= 0.6 is 0 Å². The third-order valence-electron chi connectivity index (χ3n) is 1.35. The van der Waals surface area contributed by atoms with Gasteiger partial charge in [0, 0.05) is 5.71 Å². The maximum Gasteiger partial charge on any atom is 0.0523 e. The molecule has 60 valence electrons. The summed E-state index contributed by atoms with van der Waals surface area (Å²) in [6.45, 7) is 12.8. The van der Waals surface area contributed by atoms with E-state index >= 15 is 0 Å². The number of nitrogens with zero attached hydrogens (tertiary/aromatic N) is 1. The van der Waals surface area contributed by atoms with Crippen molar-refractivity contribution in [2.24, 2.45) is 10.9 Å². The largest absolute Gasteiger partial charge is 0.288 e. The van der Waals surface area contributed by atoms with Crippen molar-refractivity contribution in [3.8, 4) is 0 Å². The Hall–Kier alpha value is -0.330. The van der Waals surface area contributed by atoms with Crippen molar-refractivity contribution in [3.05, 3.63) is 0 Å². The number of hydrogen-bond acceptors (Lipinski definition) is 1. The van der Waals surface area contributed by atoms with Crippen molar-refractivity contribution in [1.82, 2.24) is 0 Å². The Labute approximate surface area is 64.6 Å². The van der Waals surface area contributed by atoms with E-state index in [1.54, 1.807) is 0 Å². The Morgan fingerprint density at radius 2 is 1.60 bits per heavy atom. The quantitative estimate of drug-likeness (QED) is 0.498. The molecule has 0 aliphatic carbocycles. The highest BCUT2D eigenvalue weighted by molar-refractivity contribution is 5.84. The topological polar surface area (TPSA) is 12.4 Å². The van der Waals surface area contributed by atoms with Gasteiger partial charge in [-0.2, -0.15) is 0 Å². The van der Waals surface area contributed by atoms with Crippen LogP contribution in [0.2, 0.25) is 0 Å². The Morgan fingerprint density at radius 1 is 1.20 bits per heavy atom. The lowest BCUT2D eigenvalue weighted by Gasteiger charge is -2.15. The van der Waals surface area contributed by atoms with Crippen LogP contribution in [0.25, 0.3) is 0 Å². The molecule has 0 heterocycles. The van der Waals surface area contributed by atoms with Gasteiger partial charge in [-0.15, -0.1) is 0 Å². The first-order chi connectivity index (χ1) is 4.33. The van der Waals surface area contributed by atoms with Crippen molar-refractivity contribution >= 4 is 5.71 Å². The molecule has 0 aromatic carbocycles. The molecule has 0 aliphatic heterocycles. The van der Waals surface area contributed by atoms with Gasteiger partial charge in [0.2, 0.25) is 0 Å². The lowest BCUT2D eigenvalue weighted by molar-refractivity contribution is 0.577. The van der Waals surface area contributed by atoms with E-state index in [1.165, 1.54) is 5.71 Å². The first-order valence-electron chi connectivity index (χ1n) is 3.89. The van der Waals surface area contributed by atoms with Crippen LogP contribution < -0.4 is 0 Å². The SMILES string of the molecule is C/C(=N/C(C)(C)C)C(C)C. The normalized spacial score (nSPS) is 14.5. The average Bonchev–Trinajstić information content (AvgIpc) is 1.60. The lowest BCUT2D eigenvalue weighted by atomic mass is 10.1. The van der Waals surface area contributed by atoms with Crippen LogP contribution in [0, 0.1) is 5.92 Å². The van der Waals surface area contributed by atoms with Gasteiger partial charge in [-0.3, -0.25) is 4.99 Å². The molecule has 1 nitrogen and oxygen atoms in total. The number of aliphatic imine (C=N–C) groups is 1. The molecule has 0 atom stereocenters. The zero-order valence-electron chi connectivity index (χ0n) is 8.02. The van der Waals surface area contributed by atoms with E-state index in [9.17, 15) is 0 Å². The van der Waals surface area contributed by atoms with E-state index < -0.39 is 0 Å². The molecule has 0 bridgehead atoms. The van der Waals surface area contributed by atoms with Gasteiger partial charge in [0.05, 0.1) is 5.54 Å². The molecule has 0 N–H and O–H groups in total. The van der Waals surface area contributed by atoms with Gasteiger partial charge < -0.3 is 0 Å². The molecule has 0 aromatic rings. The Bertz CT molecular complexity index is 126. The summed E-state index contributed by atoms with van der Waals surface area (Å²) in [4.78, 5) is 4.53. The molecule has 10 heavy (non-hydrogen) atoms. The van der Waals surface area contributed by atoms with E-state index in [2.05, 4.69) is 46.5 Å². The summed E-state index contributed by atoms with van der Waals surface area (Å²) in [5.74, 6) is 0.583. The molecule has 0 saturated heterocycles. The molecule has 0 amide bonds. The van der Waals surface area contributed by atoms with Gasteiger partial charge in [-0.25, -0.2) is 0 Å². The van der Waals surface area contributed by atoms with Gasteiger partial charge in [0.1, 0.15) is 0 Å². The zero-order valence-corrected chi connectivity index (χ0v) is 8.02. The minimum Gasteiger partial charge on any atom is -0.288 e. The van der Waals surface area contributed by atoms with Crippen LogP contribution in [0.1, 0.15) is 41.5 Å². The average molecular weight is 141 g/mol. The van der Waals surface area contributed by atoms with Gasteiger partial charge in [0.25, 0.3) is 0 Å². The predicted octanol–water partition coefficient (Wildman–Crippen LogP) is 2.90. The predicted molar refractivity (Wildman–Crippen MR) is 47.7 cm³/mol. The molecule has 0 fully saturated rings. The van der Waals surface area contributed by atoms with Crippen LogP contribution in [0.3, 0.4) is 0 Å². The highest BCUT2D eigenvalue weighted by Crippen LogP contribution is 2.09. The minimum atomic E-state index is 0.0916. The maximum atomic E-state index is 4.53. The molecule has 0 spiro atoms. The van der Waals surface area contributed by atoms with E-state index in [0.29, 0.717) is 5.92 Å². The standard InChI is InChI=1S/C9H19N/c1-7(2)8(3)10-9(4,5)6/h7H,1-6H3/b10-8-. The molecule has 0 aromatic heterocycles. The fraction of sp³-hybridized carbons (Fsp3) is 0.889. The van der Waals surface area contributed by atoms with Gasteiger partial charge in [-0.05, 0) is 33.6 Å². The van der Waals surface area contributed by atoms with Crippen LogP contribution in [-0.4, -0.2) is 11.3 Å². The fourth-order valence-electron chi connectivity index (χ4n) is 0.658. The second-order valence-corrected chi connectivity index (χ2v) is 4.08. The summed E-state index contributed by atoms with van der Waals surface area (Å²) in [7, 11) is 0. The summed E-state index contributed by atoms with van der Waals surface area (Å²) in [6.07, 6.45) is 0. The van der Waals surface area contributed by atoms with Crippen LogP contribution in [-0.2, 0) is 0 Å². The van der Waals surface area contributed by atoms with E-state index in [1.807, 2.05) is 0 Å². The van der Waals surface area contributed by atoms with E-state index in [4.69, 9.17) is 0 Å². The van der Waals surface area contributed by atoms with E-state index in [0.717, 1.165) is 0 Å². The van der Waals surface area contributed by atoms with Crippen LogP contribution in [0.4, 0.5) is 0 Å². The summed E-state index contributed by atoms with van der Waals surface area (Å²) in [5.41, 5.74) is 1.33. The summed E-state index contributed by atoms with van der Waals surface area (Å²) in [6, 6.07) is 0. The lowest BCUT2D eigenvalue weighted by Crippen LogP contribution is -2.15. The Kier molecular flexibility index (Phi) is 3.07. The second-order valence-electron chi connectivity index (χ2n) is 4.08. The Morgan fingerprint density at radius 3 is 1.70 bits per heavy atom. The second kappa shape index (κ2) is 3.18. The molecule has 0 radical (unpaired) electrons. The molecular weight excluding hydrogens is 122 g/mol. The highest BCUT2D eigenvalue weighted by atomic mass is 14.8. The zero-order chi connectivity index (χ0) is 8.36. The summed E-state index contributed by atoms with van der Waals surface area (Å²) in [5, 5.41) is 0. The van der Waals surface area contributed by atoms with Crippen LogP contribution in [0.5, 0.6) is 0 Å². The van der Waals surface area contributed by atoms with Crippen molar-refractivity contribution in [1.29, 1.82) is 0 Å². The maximum absolute atomic E-state index is 4.53. The van der Waals surface area contributed by atoms with Crippen molar-refractivity contribution in [3.63, 3.8) is 0 Å². The fourth-order valence-corrected chi connectivity index (χ4v) is 0.658. The third-order valence-corrected chi connectivity index (χ3v) is 1.35. The summed E-state index contributed by atoms with van der Waals surface area (Å²) >= 11 is 0. The molecule has 0 saturated carbocycles. The molecule has 0 aliphatic rings. The monoisotopic (exact) mass is 141 g/mol. The van der Waals surface area contributed by atoms with E-state index in [-0.39, 0.29) is 5.54 Å². The van der Waals surface area contributed by atoms with Crippen molar-refractivity contribution in [2.45, 2.75) is 47.1 Å². The molecular formula is C9H19N. The summed E-state index contributed by atoms with van der Waals surface area (Å²) < 4.78 is 0. The van der Waals surface area contributed by atoms with Gasteiger partial charge >= 0.3 is 0 Å². The smallest absolute Gasteiger partial charge is 0.0523 e. The third kappa shape index (κ3) is 4.54.